The fourth-order valence-electron chi connectivity index (χ4n) is 3.04. The molecule has 4 amide bonds. The van der Waals surface area contributed by atoms with E-state index < -0.39 is 23.8 Å². The van der Waals surface area contributed by atoms with Crippen LogP contribution in [0.5, 0.6) is 0 Å². The number of methoxy groups -OCH3 is 1. The molecule has 1 fully saturated rings. The topological polar surface area (TPSA) is 110 Å². The number of carbonyl (C=O) groups excluding carboxylic acids is 4. The molecule has 8 heteroatoms. The molecular weight excluding hydrogens is 314 g/mol. The second kappa shape index (κ2) is 6.04. The zero-order valence-corrected chi connectivity index (χ0v) is 13.2. The van der Waals surface area contributed by atoms with Gasteiger partial charge in [0.2, 0.25) is 5.91 Å². The summed E-state index contributed by atoms with van der Waals surface area (Å²) in [6.07, 6.45) is 0.220. The number of rotatable bonds is 4. The number of nitrogens with two attached hydrogens (primary N) is 1. The first-order valence-electron chi connectivity index (χ1n) is 7.56. The minimum absolute atomic E-state index is 0.0929. The number of anilines is 1. The lowest BCUT2D eigenvalue weighted by Crippen LogP contribution is -2.56. The summed E-state index contributed by atoms with van der Waals surface area (Å²) in [5.74, 6) is -1.96. The first-order valence-corrected chi connectivity index (χ1v) is 7.56. The molecule has 1 aromatic rings. The molecule has 2 aliphatic heterocycles. The van der Waals surface area contributed by atoms with Crippen LogP contribution in [-0.4, -0.2) is 59.7 Å². The van der Waals surface area contributed by atoms with Crippen LogP contribution in [0.15, 0.2) is 18.2 Å². The van der Waals surface area contributed by atoms with Crippen LogP contribution < -0.4 is 5.73 Å². The van der Waals surface area contributed by atoms with Gasteiger partial charge in [-0.05, 0) is 24.6 Å². The van der Waals surface area contributed by atoms with E-state index in [4.69, 9.17) is 10.5 Å². The summed E-state index contributed by atoms with van der Waals surface area (Å²) < 4.78 is 4.90. The van der Waals surface area contributed by atoms with E-state index in [1.54, 1.807) is 0 Å². The highest BCUT2D eigenvalue weighted by Crippen LogP contribution is 2.30. The van der Waals surface area contributed by atoms with Crippen LogP contribution in [0.2, 0.25) is 0 Å². The fraction of sp³-hybridized carbons (Fsp3) is 0.375. The summed E-state index contributed by atoms with van der Waals surface area (Å²) >= 11 is 0. The third-order valence-electron chi connectivity index (χ3n) is 4.26. The molecule has 24 heavy (non-hydrogen) atoms. The Balaban J connectivity index is 1.89. The molecule has 0 radical (unpaired) electrons. The average Bonchev–Trinajstić information content (AvgIpc) is 2.79. The third-order valence-corrected chi connectivity index (χ3v) is 4.26. The van der Waals surface area contributed by atoms with E-state index in [-0.39, 0.29) is 43.0 Å². The van der Waals surface area contributed by atoms with Gasteiger partial charge in [-0.2, -0.15) is 0 Å². The van der Waals surface area contributed by atoms with E-state index in [9.17, 15) is 19.2 Å². The monoisotopic (exact) mass is 331 g/mol. The maximum Gasteiger partial charge on any atom is 0.262 e. The van der Waals surface area contributed by atoms with Crippen molar-refractivity contribution in [1.82, 2.24) is 9.80 Å². The molecule has 3 rings (SSSR count). The molecule has 0 bridgehead atoms. The lowest BCUT2D eigenvalue weighted by atomic mass is 10.0. The molecule has 1 aromatic carbocycles. The minimum atomic E-state index is -0.979. The Labute approximate surface area is 138 Å². The number of amides is 4. The highest BCUT2D eigenvalue weighted by atomic mass is 16.5. The van der Waals surface area contributed by atoms with Gasteiger partial charge in [-0.15, -0.1) is 0 Å². The number of imide groups is 2. The molecule has 0 aromatic heterocycles. The SMILES string of the molecule is COCCN1C(=O)CCC(N2C(=O)c3ccc(N)cc3C2=O)C1=O. The van der Waals surface area contributed by atoms with Crippen molar-refractivity contribution in [1.29, 1.82) is 0 Å². The zero-order chi connectivity index (χ0) is 17.4. The van der Waals surface area contributed by atoms with Gasteiger partial charge in [0, 0.05) is 19.2 Å². The molecule has 1 saturated heterocycles. The number of ether oxygens (including phenoxy) is 1. The third kappa shape index (κ3) is 2.44. The molecule has 0 aliphatic carbocycles. The summed E-state index contributed by atoms with van der Waals surface area (Å²) in [5.41, 5.74) is 6.45. The van der Waals surface area contributed by atoms with Gasteiger partial charge >= 0.3 is 0 Å². The van der Waals surface area contributed by atoms with Crippen LogP contribution in [0.4, 0.5) is 5.69 Å². The van der Waals surface area contributed by atoms with Crippen molar-refractivity contribution >= 4 is 29.3 Å². The highest BCUT2D eigenvalue weighted by molar-refractivity contribution is 6.23. The van der Waals surface area contributed by atoms with Gasteiger partial charge in [0.1, 0.15) is 6.04 Å². The standard InChI is InChI=1S/C16H17N3O5/c1-24-7-6-18-13(20)5-4-12(16(18)23)19-14(21)10-3-2-9(17)8-11(10)15(19)22/h2-3,8,12H,4-7,17H2,1H3. The molecule has 1 atom stereocenters. The van der Waals surface area contributed by atoms with Crippen LogP contribution in [0.25, 0.3) is 0 Å². The van der Waals surface area contributed by atoms with E-state index in [0.717, 1.165) is 9.80 Å². The van der Waals surface area contributed by atoms with Crippen LogP contribution >= 0.6 is 0 Å². The number of likely N-dealkylation sites (tertiary alicyclic amines) is 1. The van der Waals surface area contributed by atoms with Crippen molar-refractivity contribution in [3.8, 4) is 0 Å². The molecule has 0 saturated carbocycles. The molecule has 126 valence electrons. The summed E-state index contributed by atoms with van der Waals surface area (Å²) in [6, 6.07) is 3.46. The number of hydrogen-bond donors (Lipinski definition) is 1. The number of nitrogen functional groups attached to an aromatic ring is 1. The lowest BCUT2D eigenvalue weighted by Gasteiger charge is -2.34. The van der Waals surface area contributed by atoms with Crippen LogP contribution in [0, 0.1) is 0 Å². The van der Waals surface area contributed by atoms with E-state index in [2.05, 4.69) is 0 Å². The van der Waals surface area contributed by atoms with Crippen molar-refractivity contribution in [2.75, 3.05) is 26.0 Å². The first-order chi connectivity index (χ1) is 11.5. The average molecular weight is 331 g/mol. The van der Waals surface area contributed by atoms with Gasteiger partial charge in [0.15, 0.2) is 0 Å². The highest BCUT2D eigenvalue weighted by Gasteiger charge is 2.46. The quantitative estimate of drug-likeness (QED) is 0.615. The van der Waals surface area contributed by atoms with Crippen molar-refractivity contribution < 1.29 is 23.9 Å². The Morgan fingerprint density at radius 3 is 2.58 bits per heavy atom. The maximum absolute atomic E-state index is 12.6. The van der Waals surface area contributed by atoms with Crippen molar-refractivity contribution in [3.63, 3.8) is 0 Å². The van der Waals surface area contributed by atoms with E-state index >= 15 is 0 Å². The summed E-state index contributed by atoms with van der Waals surface area (Å²) in [5, 5.41) is 0. The summed E-state index contributed by atoms with van der Waals surface area (Å²) in [6.45, 7) is 0.295. The normalized spacial score (nSPS) is 20.8. The number of fused-ring (bicyclic) bond motifs is 1. The van der Waals surface area contributed by atoms with Gasteiger partial charge in [-0.25, -0.2) is 0 Å². The van der Waals surface area contributed by atoms with Crippen LogP contribution in [0.1, 0.15) is 33.6 Å². The van der Waals surface area contributed by atoms with Gasteiger partial charge in [-0.1, -0.05) is 0 Å². The van der Waals surface area contributed by atoms with E-state index in [1.807, 2.05) is 0 Å². The predicted octanol–water partition coefficient (Wildman–Crippen LogP) is 0.0288. The Morgan fingerprint density at radius 2 is 1.88 bits per heavy atom. The van der Waals surface area contributed by atoms with Gasteiger partial charge in [0.25, 0.3) is 17.7 Å². The molecule has 2 heterocycles. The van der Waals surface area contributed by atoms with Gasteiger partial charge in [-0.3, -0.25) is 29.0 Å². The van der Waals surface area contributed by atoms with Crippen molar-refractivity contribution in [3.05, 3.63) is 29.3 Å². The van der Waals surface area contributed by atoms with Gasteiger partial charge < -0.3 is 10.5 Å². The summed E-state index contributed by atoms with van der Waals surface area (Å²) in [4.78, 5) is 51.7. The minimum Gasteiger partial charge on any atom is -0.399 e. The Morgan fingerprint density at radius 1 is 1.17 bits per heavy atom. The Bertz CT molecular complexity index is 745. The number of nitrogens with zero attached hydrogens (tertiary/aromatic N) is 2. The zero-order valence-electron chi connectivity index (χ0n) is 13.2. The van der Waals surface area contributed by atoms with Crippen LogP contribution in [-0.2, 0) is 14.3 Å². The smallest absolute Gasteiger partial charge is 0.262 e. The van der Waals surface area contributed by atoms with Crippen molar-refractivity contribution in [2.24, 2.45) is 0 Å². The van der Waals surface area contributed by atoms with Gasteiger partial charge in [0.05, 0.1) is 24.3 Å². The molecule has 2 aliphatic rings. The molecule has 0 spiro atoms. The summed E-state index contributed by atoms with van der Waals surface area (Å²) in [7, 11) is 1.46. The van der Waals surface area contributed by atoms with Crippen molar-refractivity contribution in [2.45, 2.75) is 18.9 Å². The van der Waals surface area contributed by atoms with Crippen LogP contribution in [0.3, 0.4) is 0 Å². The van der Waals surface area contributed by atoms with E-state index in [0.29, 0.717) is 5.69 Å². The largest absolute Gasteiger partial charge is 0.399 e. The lowest BCUT2D eigenvalue weighted by molar-refractivity contribution is -0.152. The second-order valence-electron chi connectivity index (χ2n) is 5.72. The Kier molecular flexibility index (Phi) is 4.06. The molecule has 1 unspecified atom stereocenters. The number of carbonyl (C=O) groups is 4. The second-order valence-corrected chi connectivity index (χ2v) is 5.72. The number of piperidine rings is 1. The molecular formula is C16H17N3O5. The first kappa shape index (κ1) is 16.1. The number of hydrogen-bond acceptors (Lipinski definition) is 6. The maximum atomic E-state index is 12.6. The predicted molar refractivity (Wildman–Crippen MR) is 83.0 cm³/mol. The molecule has 2 N–H and O–H groups in total. The Hall–Kier alpha value is -2.74. The molecule has 8 nitrogen and oxygen atoms in total. The fourth-order valence-corrected chi connectivity index (χ4v) is 3.04. The van der Waals surface area contributed by atoms with E-state index in [1.165, 1.54) is 25.3 Å². The number of benzene rings is 1.